The predicted molar refractivity (Wildman–Crippen MR) is 83.4 cm³/mol. The first kappa shape index (κ1) is 15.4. The molecule has 0 saturated carbocycles. The molecule has 20 heavy (non-hydrogen) atoms. The molecule has 0 bridgehead atoms. The number of hydrogen-bond donors (Lipinski definition) is 2. The largest absolute Gasteiger partial charge is 0.330 e. The third kappa shape index (κ3) is 4.01. The molecule has 1 aliphatic heterocycles. The fourth-order valence-electron chi connectivity index (χ4n) is 2.50. The van der Waals surface area contributed by atoms with Gasteiger partial charge < -0.3 is 16.0 Å². The van der Waals surface area contributed by atoms with Crippen LogP contribution < -0.4 is 11.1 Å². The zero-order valence-electron chi connectivity index (χ0n) is 11.2. The Morgan fingerprint density at radius 2 is 2.20 bits per heavy atom. The minimum absolute atomic E-state index is 0.0925. The second-order valence-corrected chi connectivity index (χ2v) is 5.91. The standard InChI is InChI=1S/C14H19Cl2N3O/c15-12-4-3-11(8-13(12)16)18-14(20)19-7-1-2-10(9-19)5-6-17/h3-4,8,10H,1-2,5-7,9,17H2,(H,18,20). The number of amides is 2. The summed E-state index contributed by atoms with van der Waals surface area (Å²) in [6.07, 6.45) is 3.14. The molecule has 110 valence electrons. The van der Waals surface area contributed by atoms with Gasteiger partial charge in [0.2, 0.25) is 0 Å². The van der Waals surface area contributed by atoms with Crippen molar-refractivity contribution in [2.24, 2.45) is 11.7 Å². The molecular weight excluding hydrogens is 297 g/mol. The van der Waals surface area contributed by atoms with Crippen molar-refractivity contribution in [3.8, 4) is 0 Å². The molecule has 1 saturated heterocycles. The van der Waals surface area contributed by atoms with Crippen LogP contribution in [0.2, 0.25) is 10.0 Å². The van der Waals surface area contributed by atoms with Crippen LogP contribution in [0.4, 0.5) is 10.5 Å². The van der Waals surface area contributed by atoms with E-state index in [1.54, 1.807) is 18.2 Å². The van der Waals surface area contributed by atoms with Crippen LogP contribution in [-0.2, 0) is 0 Å². The lowest BCUT2D eigenvalue weighted by Crippen LogP contribution is -2.42. The third-order valence-electron chi connectivity index (χ3n) is 3.55. The molecule has 1 aliphatic rings. The Hall–Kier alpha value is -0.970. The smallest absolute Gasteiger partial charge is 0.321 e. The van der Waals surface area contributed by atoms with E-state index in [0.29, 0.717) is 28.2 Å². The van der Waals surface area contributed by atoms with Crippen LogP contribution in [0, 0.1) is 5.92 Å². The predicted octanol–water partition coefficient (Wildman–Crippen LogP) is 3.59. The molecule has 1 aromatic carbocycles. The lowest BCUT2D eigenvalue weighted by Gasteiger charge is -2.32. The lowest BCUT2D eigenvalue weighted by molar-refractivity contribution is 0.175. The van der Waals surface area contributed by atoms with E-state index in [1.807, 2.05) is 4.90 Å². The average Bonchev–Trinajstić information content (AvgIpc) is 2.43. The summed E-state index contributed by atoms with van der Waals surface area (Å²) in [5.41, 5.74) is 6.25. The van der Waals surface area contributed by atoms with E-state index in [-0.39, 0.29) is 6.03 Å². The monoisotopic (exact) mass is 315 g/mol. The van der Waals surface area contributed by atoms with Crippen molar-refractivity contribution in [2.45, 2.75) is 19.3 Å². The van der Waals surface area contributed by atoms with Gasteiger partial charge in [-0.2, -0.15) is 0 Å². The van der Waals surface area contributed by atoms with E-state index >= 15 is 0 Å². The number of carbonyl (C=O) groups excluding carboxylic acids is 1. The first-order chi connectivity index (χ1) is 9.60. The van der Waals surface area contributed by atoms with Gasteiger partial charge in [0.1, 0.15) is 0 Å². The molecule has 3 N–H and O–H groups in total. The normalized spacial score (nSPS) is 18.9. The van der Waals surface area contributed by atoms with E-state index in [1.165, 1.54) is 0 Å². The summed E-state index contributed by atoms with van der Waals surface area (Å²) in [6.45, 7) is 2.23. The van der Waals surface area contributed by atoms with Crippen LogP contribution in [0.1, 0.15) is 19.3 Å². The molecule has 1 heterocycles. The summed E-state index contributed by atoms with van der Waals surface area (Å²) < 4.78 is 0. The summed E-state index contributed by atoms with van der Waals surface area (Å²) >= 11 is 11.8. The number of benzene rings is 1. The Kier molecular flexibility index (Phi) is 5.52. The highest BCUT2D eigenvalue weighted by Gasteiger charge is 2.23. The van der Waals surface area contributed by atoms with Gasteiger partial charge in [0.05, 0.1) is 10.0 Å². The number of likely N-dealkylation sites (tertiary alicyclic amines) is 1. The van der Waals surface area contributed by atoms with Crippen LogP contribution in [0.5, 0.6) is 0 Å². The molecule has 1 unspecified atom stereocenters. The number of anilines is 1. The maximum absolute atomic E-state index is 12.2. The second kappa shape index (κ2) is 7.16. The molecular formula is C14H19Cl2N3O. The van der Waals surface area contributed by atoms with Crippen molar-refractivity contribution in [3.05, 3.63) is 28.2 Å². The number of nitrogens with one attached hydrogen (secondary N) is 1. The molecule has 0 aliphatic carbocycles. The van der Waals surface area contributed by atoms with Gasteiger partial charge in [-0.25, -0.2) is 4.79 Å². The summed E-state index contributed by atoms with van der Waals surface area (Å²) in [5.74, 6) is 0.508. The number of nitrogens with zero attached hydrogens (tertiary/aromatic N) is 1. The van der Waals surface area contributed by atoms with E-state index in [0.717, 1.165) is 32.4 Å². The first-order valence-electron chi connectivity index (χ1n) is 6.81. The molecule has 1 atom stereocenters. The van der Waals surface area contributed by atoms with Gasteiger partial charge in [-0.15, -0.1) is 0 Å². The van der Waals surface area contributed by atoms with E-state index in [2.05, 4.69) is 5.32 Å². The van der Waals surface area contributed by atoms with Crippen LogP contribution >= 0.6 is 23.2 Å². The zero-order valence-corrected chi connectivity index (χ0v) is 12.8. The Bertz CT molecular complexity index is 479. The number of rotatable bonds is 3. The molecule has 6 heteroatoms. The lowest BCUT2D eigenvalue weighted by atomic mass is 9.95. The molecule has 2 amide bonds. The average molecular weight is 316 g/mol. The quantitative estimate of drug-likeness (QED) is 0.895. The van der Waals surface area contributed by atoms with E-state index < -0.39 is 0 Å². The minimum Gasteiger partial charge on any atom is -0.330 e. The Morgan fingerprint density at radius 1 is 1.40 bits per heavy atom. The highest BCUT2D eigenvalue weighted by atomic mass is 35.5. The Balaban J connectivity index is 1.95. The van der Waals surface area contributed by atoms with Gasteiger partial charge >= 0.3 is 6.03 Å². The molecule has 0 spiro atoms. The summed E-state index contributed by atoms with van der Waals surface area (Å²) in [7, 11) is 0. The van der Waals surface area contributed by atoms with E-state index in [4.69, 9.17) is 28.9 Å². The highest BCUT2D eigenvalue weighted by molar-refractivity contribution is 6.42. The molecule has 2 rings (SSSR count). The van der Waals surface area contributed by atoms with Crippen molar-refractivity contribution < 1.29 is 4.79 Å². The molecule has 0 aromatic heterocycles. The number of hydrogen-bond acceptors (Lipinski definition) is 2. The van der Waals surface area contributed by atoms with Crippen LogP contribution in [0.25, 0.3) is 0 Å². The van der Waals surface area contributed by atoms with Gasteiger partial charge in [0, 0.05) is 18.8 Å². The maximum Gasteiger partial charge on any atom is 0.321 e. The molecule has 4 nitrogen and oxygen atoms in total. The number of carbonyl (C=O) groups is 1. The fraction of sp³-hybridized carbons (Fsp3) is 0.500. The number of urea groups is 1. The second-order valence-electron chi connectivity index (χ2n) is 5.09. The molecule has 0 radical (unpaired) electrons. The van der Waals surface area contributed by atoms with Crippen molar-refractivity contribution in [1.29, 1.82) is 0 Å². The number of piperidine rings is 1. The van der Waals surface area contributed by atoms with Gasteiger partial charge in [0.15, 0.2) is 0 Å². The Morgan fingerprint density at radius 3 is 2.90 bits per heavy atom. The minimum atomic E-state index is -0.0925. The van der Waals surface area contributed by atoms with Crippen molar-refractivity contribution in [2.75, 3.05) is 25.0 Å². The summed E-state index contributed by atoms with van der Waals surface area (Å²) in [6, 6.07) is 4.98. The topological polar surface area (TPSA) is 58.4 Å². The van der Waals surface area contributed by atoms with Gasteiger partial charge in [-0.05, 0) is 49.9 Å². The summed E-state index contributed by atoms with van der Waals surface area (Å²) in [4.78, 5) is 14.1. The molecule has 1 aromatic rings. The molecule has 1 fully saturated rings. The Labute approximate surface area is 129 Å². The first-order valence-corrected chi connectivity index (χ1v) is 7.57. The van der Waals surface area contributed by atoms with Crippen molar-refractivity contribution in [3.63, 3.8) is 0 Å². The highest BCUT2D eigenvalue weighted by Crippen LogP contribution is 2.26. The van der Waals surface area contributed by atoms with Crippen LogP contribution in [0.15, 0.2) is 18.2 Å². The number of nitrogens with two attached hydrogens (primary N) is 1. The van der Waals surface area contributed by atoms with Crippen LogP contribution in [0.3, 0.4) is 0 Å². The third-order valence-corrected chi connectivity index (χ3v) is 4.29. The zero-order chi connectivity index (χ0) is 14.5. The maximum atomic E-state index is 12.2. The van der Waals surface area contributed by atoms with Gasteiger partial charge in [-0.1, -0.05) is 23.2 Å². The fourth-order valence-corrected chi connectivity index (χ4v) is 2.80. The van der Waals surface area contributed by atoms with Gasteiger partial charge in [0.25, 0.3) is 0 Å². The van der Waals surface area contributed by atoms with Gasteiger partial charge in [-0.3, -0.25) is 0 Å². The van der Waals surface area contributed by atoms with Crippen molar-refractivity contribution >= 4 is 34.9 Å². The van der Waals surface area contributed by atoms with E-state index in [9.17, 15) is 4.79 Å². The summed E-state index contributed by atoms with van der Waals surface area (Å²) in [5, 5.41) is 3.77. The number of halogens is 2. The SMILES string of the molecule is NCCC1CCCN(C(=O)Nc2ccc(Cl)c(Cl)c2)C1. The van der Waals surface area contributed by atoms with Crippen LogP contribution in [-0.4, -0.2) is 30.6 Å². The van der Waals surface area contributed by atoms with Crippen molar-refractivity contribution in [1.82, 2.24) is 4.90 Å².